The van der Waals surface area contributed by atoms with E-state index in [9.17, 15) is 4.79 Å². The number of rotatable bonds is 5. The van der Waals surface area contributed by atoms with E-state index < -0.39 is 6.04 Å². The minimum atomic E-state index is -0.469. The number of carbonyl (C=O) groups is 1. The molecule has 0 radical (unpaired) electrons. The van der Waals surface area contributed by atoms with Gasteiger partial charge in [-0.05, 0) is 37.1 Å². The number of fused-ring (bicyclic) bond motifs is 2. The maximum atomic E-state index is 11.3. The molecule has 2 aromatic carbocycles. The number of benzene rings is 2. The molecule has 1 atom stereocenters. The summed E-state index contributed by atoms with van der Waals surface area (Å²) in [5.41, 5.74) is 8.49. The molecule has 0 unspecified atom stereocenters. The predicted molar refractivity (Wildman–Crippen MR) is 103 cm³/mol. The SMILES string of the molecule is CC(=O)[C@@H](N)Cc1ccc(Nc2ncnc3cc4c(cc23)OCCO4)cc1. The Bertz CT molecular complexity index is 988. The van der Waals surface area contributed by atoms with Gasteiger partial charge >= 0.3 is 0 Å². The summed E-state index contributed by atoms with van der Waals surface area (Å²) in [5, 5.41) is 4.16. The summed E-state index contributed by atoms with van der Waals surface area (Å²) in [6.45, 7) is 2.57. The van der Waals surface area contributed by atoms with E-state index in [1.165, 1.54) is 13.3 Å². The molecule has 0 amide bonds. The lowest BCUT2D eigenvalue weighted by Gasteiger charge is -2.19. The van der Waals surface area contributed by atoms with Gasteiger partial charge in [0.1, 0.15) is 31.1 Å². The molecule has 0 saturated heterocycles. The summed E-state index contributed by atoms with van der Waals surface area (Å²) in [6.07, 6.45) is 2.04. The van der Waals surface area contributed by atoms with Crippen LogP contribution in [0.1, 0.15) is 12.5 Å². The van der Waals surface area contributed by atoms with Crippen molar-refractivity contribution < 1.29 is 14.3 Å². The van der Waals surface area contributed by atoms with Crippen molar-refractivity contribution in [2.75, 3.05) is 18.5 Å². The second-order valence-electron chi connectivity index (χ2n) is 6.48. The fraction of sp³-hybridized carbons (Fsp3) is 0.250. The monoisotopic (exact) mass is 364 g/mol. The number of hydrogen-bond acceptors (Lipinski definition) is 7. The van der Waals surface area contributed by atoms with Gasteiger partial charge in [0.2, 0.25) is 0 Å². The Morgan fingerprint density at radius 2 is 1.85 bits per heavy atom. The summed E-state index contributed by atoms with van der Waals surface area (Å²) in [4.78, 5) is 20.0. The lowest BCUT2D eigenvalue weighted by Crippen LogP contribution is -2.30. The van der Waals surface area contributed by atoms with Crippen molar-refractivity contribution in [1.29, 1.82) is 0 Å². The van der Waals surface area contributed by atoms with Crippen LogP contribution in [0, 0.1) is 0 Å². The molecular weight excluding hydrogens is 344 g/mol. The molecule has 3 N–H and O–H groups in total. The molecule has 7 heteroatoms. The molecule has 0 spiro atoms. The fourth-order valence-electron chi connectivity index (χ4n) is 2.95. The summed E-state index contributed by atoms with van der Waals surface area (Å²) in [5.74, 6) is 2.06. The molecule has 1 aliphatic rings. The van der Waals surface area contributed by atoms with Gasteiger partial charge in [-0.25, -0.2) is 9.97 Å². The lowest BCUT2D eigenvalue weighted by molar-refractivity contribution is -0.118. The molecular formula is C20H20N4O3. The highest BCUT2D eigenvalue weighted by Crippen LogP contribution is 2.36. The van der Waals surface area contributed by atoms with Gasteiger partial charge in [0.25, 0.3) is 0 Å². The van der Waals surface area contributed by atoms with Crippen molar-refractivity contribution in [1.82, 2.24) is 9.97 Å². The lowest BCUT2D eigenvalue weighted by atomic mass is 10.0. The minimum Gasteiger partial charge on any atom is -0.486 e. The topological polar surface area (TPSA) is 99.4 Å². The van der Waals surface area contributed by atoms with Crippen LogP contribution >= 0.6 is 0 Å². The Morgan fingerprint density at radius 3 is 2.56 bits per heavy atom. The van der Waals surface area contributed by atoms with Gasteiger partial charge in [-0.15, -0.1) is 0 Å². The number of anilines is 2. The molecule has 7 nitrogen and oxygen atoms in total. The number of nitrogens with zero attached hydrogens (tertiary/aromatic N) is 2. The molecule has 0 aliphatic carbocycles. The van der Waals surface area contributed by atoms with E-state index >= 15 is 0 Å². The van der Waals surface area contributed by atoms with E-state index in [0.717, 1.165) is 22.2 Å². The molecule has 0 fully saturated rings. The highest BCUT2D eigenvalue weighted by Gasteiger charge is 2.15. The number of Topliss-reactive ketones (excluding diaryl/α,β-unsaturated/α-hetero) is 1. The molecule has 3 aromatic rings. The first-order valence-electron chi connectivity index (χ1n) is 8.76. The summed E-state index contributed by atoms with van der Waals surface area (Å²) >= 11 is 0. The zero-order valence-electron chi connectivity index (χ0n) is 14.9. The highest BCUT2D eigenvalue weighted by molar-refractivity contribution is 5.93. The van der Waals surface area contributed by atoms with Gasteiger partial charge in [0, 0.05) is 17.1 Å². The van der Waals surface area contributed by atoms with Crippen molar-refractivity contribution in [2.24, 2.45) is 5.73 Å². The first-order valence-corrected chi connectivity index (χ1v) is 8.76. The zero-order valence-corrected chi connectivity index (χ0v) is 14.9. The van der Waals surface area contributed by atoms with Crippen LogP contribution in [-0.4, -0.2) is 35.0 Å². The quantitative estimate of drug-likeness (QED) is 0.718. The van der Waals surface area contributed by atoms with Gasteiger partial charge in [0.15, 0.2) is 11.5 Å². The first-order chi connectivity index (χ1) is 13.1. The van der Waals surface area contributed by atoms with E-state index in [2.05, 4.69) is 15.3 Å². The van der Waals surface area contributed by atoms with E-state index in [1.807, 2.05) is 36.4 Å². The van der Waals surface area contributed by atoms with Crippen molar-refractivity contribution >= 4 is 28.2 Å². The molecule has 4 rings (SSSR count). The normalized spacial score (nSPS) is 14.0. The average molecular weight is 364 g/mol. The minimum absolute atomic E-state index is 0.0146. The summed E-state index contributed by atoms with van der Waals surface area (Å²) in [6, 6.07) is 11.1. The fourth-order valence-corrected chi connectivity index (χ4v) is 2.95. The van der Waals surface area contributed by atoms with Gasteiger partial charge in [-0.2, -0.15) is 0 Å². The number of aromatic nitrogens is 2. The van der Waals surface area contributed by atoms with Gasteiger partial charge in [-0.3, -0.25) is 4.79 Å². The van der Waals surface area contributed by atoms with E-state index in [0.29, 0.717) is 37.0 Å². The Kier molecular flexibility index (Phi) is 4.60. The summed E-state index contributed by atoms with van der Waals surface area (Å²) < 4.78 is 11.3. The third kappa shape index (κ3) is 3.68. The van der Waals surface area contributed by atoms with Crippen LogP contribution in [0.25, 0.3) is 10.9 Å². The zero-order chi connectivity index (χ0) is 18.8. The van der Waals surface area contributed by atoms with Crippen molar-refractivity contribution in [2.45, 2.75) is 19.4 Å². The number of ketones is 1. The average Bonchev–Trinajstić information content (AvgIpc) is 2.68. The maximum absolute atomic E-state index is 11.3. The first kappa shape index (κ1) is 17.2. The van der Waals surface area contributed by atoms with Gasteiger partial charge in [-0.1, -0.05) is 12.1 Å². The molecule has 0 bridgehead atoms. The Hall–Kier alpha value is -3.19. The Labute approximate surface area is 156 Å². The maximum Gasteiger partial charge on any atom is 0.163 e. The van der Waals surface area contributed by atoms with E-state index in [-0.39, 0.29) is 5.78 Å². The third-order valence-electron chi connectivity index (χ3n) is 4.49. The number of nitrogens with one attached hydrogen (secondary N) is 1. The molecule has 0 saturated carbocycles. The number of ether oxygens (including phenoxy) is 2. The van der Waals surface area contributed by atoms with Crippen molar-refractivity contribution in [3.63, 3.8) is 0 Å². The number of carbonyl (C=O) groups excluding carboxylic acids is 1. The molecule has 2 heterocycles. The predicted octanol–water partition coefficient (Wildman–Crippen LogP) is 2.60. The van der Waals surface area contributed by atoms with E-state index in [1.54, 1.807) is 0 Å². The smallest absolute Gasteiger partial charge is 0.163 e. The molecule has 1 aromatic heterocycles. The number of hydrogen-bond donors (Lipinski definition) is 2. The van der Waals surface area contributed by atoms with Crippen LogP contribution in [0.5, 0.6) is 11.5 Å². The standard InChI is InChI=1S/C20H20N4O3/c1-12(25)16(21)8-13-2-4-14(5-3-13)24-20-15-9-18-19(27-7-6-26-18)10-17(15)22-11-23-20/h2-5,9-11,16H,6-8,21H2,1H3,(H,22,23,24)/t16-/m0/s1. The van der Waals surface area contributed by atoms with Gasteiger partial charge in [0.05, 0.1) is 11.6 Å². The van der Waals surface area contributed by atoms with Crippen LogP contribution in [0.4, 0.5) is 11.5 Å². The summed E-state index contributed by atoms with van der Waals surface area (Å²) in [7, 11) is 0. The Balaban J connectivity index is 1.59. The Morgan fingerprint density at radius 1 is 1.15 bits per heavy atom. The van der Waals surface area contributed by atoms with E-state index in [4.69, 9.17) is 15.2 Å². The third-order valence-corrected chi connectivity index (χ3v) is 4.49. The second kappa shape index (κ2) is 7.20. The van der Waals surface area contributed by atoms with Crippen LogP contribution in [0.15, 0.2) is 42.7 Å². The van der Waals surface area contributed by atoms with Crippen LogP contribution < -0.4 is 20.5 Å². The molecule has 27 heavy (non-hydrogen) atoms. The van der Waals surface area contributed by atoms with Crippen molar-refractivity contribution in [3.8, 4) is 11.5 Å². The molecule has 1 aliphatic heterocycles. The van der Waals surface area contributed by atoms with Crippen molar-refractivity contribution in [3.05, 3.63) is 48.3 Å². The van der Waals surface area contributed by atoms with Gasteiger partial charge < -0.3 is 20.5 Å². The largest absolute Gasteiger partial charge is 0.486 e. The number of nitrogens with two attached hydrogens (primary N) is 1. The van der Waals surface area contributed by atoms with Crippen LogP contribution in [0.3, 0.4) is 0 Å². The highest BCUT2D eigenvalue weighted by atomic mass is 16.6. The molecule has 138 valence electrons. The van der Waals surface area contributed by atoms with Crippen LogP contribution in [0.2, 0.25) is 0 Å². The van der Waals surface area contributed by atoms with Crippen LogP contribution in [-0.2, 0) is 11.2 Å². The second-order valence-corrected chi connectivity index (χ2v) is 6.48.